The van der Waals surface area contributed by atoms with Gasteiger partial charge >= 0.3 is 0 Å². The van der Waals surface area contributed by atoms with Crippen LogP contribution in [0.2, 0.25) is 0 Å². The molecule has 220 valence electrons. The Morgan fingerprint density at radius 1 is 0.952 bits per heavy atom. The van der Waals surface area contributed by atoms with Crippen LogP contribution in [0, 0.1) is 0 Å². The third-order valence-electron chi connectivity index (χ3n) is 8.29. The molecule has 4 aromatic rings. The monoisotopic (exact) mass is 583 g/mol. The molecule has 0 radical (unpaired) electrons. The summed E-state index contributed by atoms with van der Waals surface area (Å²) in [7, 11) is 3.35. The maximum Gasteiger partial charge on any atom is 0.166 e. The molecule has 8 heteroatoms. The molecule has 0 saturated heterocycles. The van der Waals surface area contributed by atoms with Gasteiger partial charge in [-0.05, 0) is 66.9 Å². The van der Waals surface area contributed by atoms with Crippen LogP contribution >= 0.6 is 11.8 Å². The second-order valence-corrected chi connectivity index (χ2v) is 13.3. The summed E-state index contributed by atoms with van der Waals surface area (Å²) >= 11 is 1.72. The summed E-state index contributed by atoms with van der Waals surface area (Å²) in [4.78, 5) is 13.1. The molecular weight excluding hydrogens is 542 g/mol. The summed E-state index contributed by atoms with van der Waals surface area (Å²) in [6, 6.07) is 19.3. The quantitative estimate of drug-likeness (QED) is 0.224. The highest BCUT2D eigenvalue weighted by Gasteiger charge is 2.32. The zero-order valence-electron chi connectivity index (χ0n) is 25.4. The molecule has 7 nitrogen and oxygen atoms in total. The van der Waals surface area contributed by atoms with Crippen LogP contribution in [0.1, 0.15) is 69.7 Å². The molecule has 2 aliphatic rings. The van der Waals surface area contributed by atoms with Gasteiger partial charge < -0.3 is 14.4 Å². The minimum atomic E-state index is -0.101. The number of amidine groups is 1. The van der Waals surface area contributed by atoms with E-state index in [2.05, 4.69) is 68.1 Å². The third-order valence-corrected chi connectivity index (χ3v) is 9.39. The van der Waals surface area contributed by atoms with Gasteiger partial charge in [-0.3, -0.25) is 4.99 Å². The first-order chi connectivity index (χ1) is 20.4. The van der Waals surface area contributed by atoms with Crippen molar-refractivity contribution in [3.63, 3.8) is 0 Å². The number of methoxy groups -OCH3 is 2. The highest BCUT2D eigenvalue weighted by atomic mass is 32.2. The molecule has 1 aliphatic heterocycles. The zero-order valence-corrected chi connectivity index (χ0v) is 26.2. The Hall–Kier alpha value is -3.52. The number of thioether (sulfide) groups is 1. The standard InChI is InChI=1S/C34H41N5O2S/c1-34(2,3)30-27-21-24-22-38(25-12-8-6-9-13-25)33(35-19-18-23-16-17-28(40-4)29(20-23)41-5)42-32(24)36-31(27)39(37-30)26-14-10-7-11-15-26/h7,10-11,14-17,20-21,25H,6,8-9,12-13,18-19,22H2,1-5H3. The smallest absolute Gasteiger partial charge is 0.166 e. The Morgan fingerprint density at radius 2 is 1.71 bits per heavy atom. The van der Waals surface area contributed by atoms with Gasteiger partial charge in [0, 0.05) is 35.5 Å². The number of aromatic nitrogens is 3. The molecule has 0 atom stereocenters. The van der Waals surface area contributed by atoms with Crippen LogP contribution in [0.25, 0.3) is 16.7 Å². The first-order valence-electron chi connectivity index (χ1n) is 15.0. The second-order valence-electron chi connectivity index (χ2n) is 12.3. The summed E-state index contributed by atoms with van der Waals surface area (Å²) in [5, 5.41) is 8.39. The van der Waals surface area contributed by atoms with E-state index in [1.165, 1.54) is 43.2 Å². The van der Waals surface area contributed by atoms with E-state index >= 15 is 0 Å². The van der Waals surface area contributed by atoms with Gasteiger partial charge in [-0.1, -0.05) is 64.3 Å². The molecule has 0 N–H and O–H groups in total. The molecule has 0 spiro atoms. The van der Waals surface area contributed by atoms with Gasteiger partial charge in [0.05, 0.1) is 25.6 Å². The minimum Gasteiger partial charge on any atom is -0.493 e. The van der Waals surface area contributed by atoms with Crippen molar-refractivity contribution in [2.24, 2.45) is 4.99 Å². The lowest BCUT2D eigenvalue weighted by Gasteiger charge is -2.39. The Kier molecular flexibility index (Phi) is 8.17. The molecule has 6 rings (SSSR count). The van der Waals surface area contributed by atoms with Gasteiger partial charge in [0.2, 0.25) is 0 Å². The molecule has 0 bridgehead atoms. The number of hydrogen-bond donors (Lipinski definition) is 0. The van der Waals surface area contributed by atoms with E-state index in [9.17, 15) is 0 Å². The number of pyridine rings is 1. The second kappa shape index (κ2) is 12.0. The zero-order chi connectivity index (χ0) is 29.3. The number of ether oxygens (including phenoxy) is 2. The van der Waals surface area contributed by atoms with Crippen molar-refractivity contribution in [1.29, 1.82) is 0 Å². The first-order valence-corrected chi connectivity index (χ1v) is 15.9. The number of para-hydroxylation sites is 1. The predicted molar refractivity (Wildman–Crippen MR) is 171 cm³/mol. The van der Waals surface area contributed by atoms with E-state index < -0.39 is 0 Å². The van der Waals surface area contributed by atoms with E-state index in [4.69, 9.17) is 24.5 Å². The minimum absolute atomic E-state index is 0.101. The average molecular weight is 584 g/mol. The van der Waals surface area contributed by atoms with E-state index in [-0.39, 0.29) is 5.41 Å². The van der Waals surface area contributed by atoms with Crippen LogP contribution < -0.4 is 9.47 Å². The van der Waals surface area contributed by atoms with Crippen molar-refractivity contribution in [3.05, 3.63) is 71.4 Å². The number of nitrogens with zero attached hydrogens (tertiary/aromatic N) is 5. The summed E-state index contributed by atoms with van der Waals surface area (Å²) in [5.74, 6) is 1.50. The maximum atomic E-state index is 5.52. The Morgan fingerprint density at radius 3 is 2.43 bits per heavy atom. The van der Waals surface area contributed by atoms with Crippen molar-refractivity contribution < 1.29 is 9.47 Å². The molecule has 0 unspecified atom stereocenters. The first kappa shape index (κ1) is 28.6. The van der Waals surface area contributed by atoms with Crippen LogP contribution in [-0.4, -0.2) is 51.6 Å². The van der Waals surface area contributed by atoms with E-state index in [0.29, 0.717) is 12.6 Å². The number of aliphatic imine (C=N–C) groups is 1. The van der Waals surface area contributed by atoms with E-state index in [1.54, 1.807) is 26.0 Å². The number of benzene rings is 2. The van der Waals surface area contributed by atoms with Crippen molar-refractivity contribution >= 4 is 28.0 Å². The van der Waals surface area contributed by atoms with Crippen molar-refractivity contribution in [1.82, 2.24) is 19.7 Å². The summed E-state index contributed by atoms with van der Waals surface area (Å²) in [6.07, 6.45) is 7.17. The normalized spacial score (nSPS) is 17.1. The average Bonchev–Trinajstić information content (AvgIpc) is 3.39. The van der Waals surface area contributed by atoms with Gasteiger partial charge in [0.15, 0.2) is 22.3 Å². The fourth-order valence-corrected chi connectivity index (χ4v) is 7.13. The predicted octanol–water partition coefficient (Wildman–Crippen LogP) is 7.57. The van der Waals surface area contributed by atoms with Gasteiger partial charge in [0.25, 0.3) is 0 Å². The van der Waals surface area contributed by atoms with E-state index in [0.717, 1.165) is 57.1 Å². The van der Waals surface area contributed by atoms with Gasteiger partial charge in [0.1, 0.15) is 5.03 Å². The van der Waals surface area contributed by atoms with Gasteiger partial charge in [-0.15, -0.1) is 0 Å². The van der Waals surface area contributed by atoms with Crippen LogP contribution in [-0.2, 0) is 18.4 Å². The molecular formula is C34H41N5O2S. The molecule has 1 fully saturated rings. The van der Waals surface area contributed by atoms with E-state index in [1.807, 2.05) is 16.8 Å². The Bertz CT molecular complexity index is 1590. The van der Waals surface area contributed by atoms with Crippen LogP contribution in [0.3, 0.4) is 0 Å². The Labute approximate surface area is 253 Å². The molecule has 0 amide bonds. The largest absolute Gasteiger partial charge is 0.493 e. The highest BCUT2D eigenvalue weighted by Crippen LogP contribution is 2.39. The van der Waals surface area contributed by atoms with Gasteiger partial charge in [-0.2, -0.15) is 5.10 Å². The van der Waals surface area contributed by atoms with Crippen molar-refractivity contribution in [3.8, 4) is 17.2 Å². The number of hydrogen-bond acceptors (Lipinski definition) is 6. The summed E-state index contributed by atoms with van der Waals surface area (Å²) < 4.78 is 12.9. The molecule has 1 saturated carbocycles. The number of rotatable bonds is 7. The fraction of sp³-hybridized carbons (Fsp3) is 0.441. The maximum absolute atomic E-state index is 5.52. The summed E-state index contributed by atoms with van der Waals surface area (Å²) in [5.41, 5.74) is 5.38. The Balaban J connectivity index is 1.36. The van der Waals surface area contributed by atoms with Crippen LogP contribution in [0.4, 0.5) is 0 Å². The molecule has 3 heterocycles. The van der Waals surface area contributed by atoms with Crippen LogP contribution in [0.15, 0.2) is 64.6 Å². The van der Waals surface area contributed by atoms with Crippen LogP contribution in [0.5, 0.6) is 11.5 Å². The lowest BCUT2D eigenvalue weighted by atomic mass is 9.90. The lowest BCUT2D eigenvalue weighted by Crippen LogP contribution is -2.42. The molecule has 2 aromatic carbocycles. The van der Waals surface area contributed by atoms with Crippen molar-refractivity contribution in [2.45, 2.75) is 82.3 Å². The molecule has 42 heavy (non-hydrogen) atoms. The van der Waals surface area contributed by atoms with Gasteiger partial charge in [-0.25, -0.2) is 9.67 Å². The molecule has 2 aromatic heterocycles. The topological polar surface area (TPSA) is 64.8 Å². The summed E-state index contributed by atoms with van der Waals surface area (Å²) in [6.45, 7) is 8.24. The van der Waals surface area contributed by atoms with Crippen molar-refractivity contribution in [2.75, 3.05) is 20.8 Å². The lowest BCUT2D eigenvalue weighted by molar-refractivity contribution is 0.238. The third kappa shape index (κ3) is 5.74. The SMILES string of the molecule is COc1ccc(CCN=C2Sc3nc4c(cc3CN2C2CCCCC2)c(C(C)(C)C)nn4-c2ccccc2)cc1OC. The highest BCUT2D eigenvalue weighted by molar-refractivity contribution is 8.13. The number of fused-ring (bicyclic) bond motifs is 2. The fourth-order valence-electron chi connectivity index (χ4n) is 6.08. The molecule has 1 aliphatic carbocycles.